The number of hydrogen-bond donors (Lipinski definition) is 0. The second-order valence-corrected chi connectivity index (χ2v) is 11.4. The predicted molar refractivity (Wildman–Crippen MR) is 120 cm³/mol. The molecule has 334 valence electrons. The van der Waals surface area contributed by atoms with Crippen molar-refractivity contribution >= 4 is 24.0 Å². The van der Waals surface area contributed by atoms with Crippen LogP contribution < -0.4 is 56.6 Å². The molecule has 0 rings (SSSR count). The van der Waals surface area contributed by atoms with E-state index in [1.54, 1.807) is 0 Å². The molecular formula is C22H15F26KO7S. The maximum Gasteiger partial charge on any atom is 1.00 e. The Bertz CT molecular complexity index is 1340. The standard InChI is InChI=1S/C22H16F26O7S.K/c23-11(24,13(27,28)15(31,32)17(35,36)19(39,40)21(43,44)45)3-1-5-52-9(49)7-8(56-55-54-51)10(50)53-6-2-4-12(25,26)14(29,30)16(33,34)18(37,38)20(41,42)22(46,47)48;/h8,51H,1-7H2;/q;+1/p-1. The second-order valence-electron chi connectivity index (χ2n) is 10.5. The SMILES string of the molecule is O=C(CC(SOO[O-])C(=O)OCCCC(F)(F)C(F)(F)C(F)(F)C(F)(F)C(F)(F)C(F)(F)F)OCCCC(F)(F)C(F)(F)C(F)(F)C(F)(F)C(F)(F)C(F)(F)F.[K+]. The van der Waals surface area contributed by atoms with E-state index >= 15 is 0 Å². The molecule has 0 aliphatic carbocycles. The van der Waals surface area contributed by atoms with Crippen molar-refractivity contribution in [2.24, 2.45) is 0 Å². The van der Waals surface area contributed by atoms with Gasteiger partial charge in [0, 0.05) is 24.9 Å². The van der Waals surface area contributed by atoms with Crippen LogP contribution in [0.15, 0.2) is 0 Å². The van der Waals surface area contributed by atoms with Gasteiger partial charge >= 0.3 is 135 Å². The maximum atomic E-state index is 13.8. The van der Waals surface area contributed by atoms with E-state index in [4.69, 9.17) is 0 Å². The van der Waals surface area contributed by atoms with Gasteiger partial charge in [-0.3, -0.25) is 14.6 Å². The molecule has 57 heavy (non-hydrogen) atoms. The van der Waals surface area contributed by atoms with Crippen LogP contribution in [0.3, 0.4) is 0 Å². The molecule has 0 aliphatic rings. The maximum absolute atomic E-state index is 13.8. The molecule has 0 spiro atoms. The molecule has 7 nitrogen and oxygen atoms in total. The molecule has 0 bridgehead atoms. The van der Waals surface area contributed by atoms with Gasteiger partial charge in [0.15, 0.2) is 0 Å². The predicted octanol–water partition coefficient (Wildman–Crippen LogP) is 5.75. The summed E-state index contributed by atoms with van der Waals surface area (Å²) < 4.78 is 353. The minimum Gasteiger partial charge on any atom is -0.691 e. The van der Waals surface area contributed by atoms with Crippen LogP contribution in [0, 0.1) is 0 Å². The Morgan fingerprint density at radius 3 is 1.07 bits per heavy atom. The Labute approximate surface area is 343 Å². The first-order chi connectivity index (χ1) is 24.4. The number of carbonyl (C=O) groups excluding carboxylic acids is 2. The Morgan fingerprint density at radius 1 is 0.474 bits per heavy atom. The molecule has 1 unspecified atom stereocenters. The Morgan fingerprint density at radius 2 is 0.772 bits per heavy atom. The molecule has 0 fully saturated rings. The zero-order valence-corrected chi connectivity index (χ0v) is 30.6. The summed E-state index contributed by atoms with van der Waals surface area (Å²) in [5, 5.41) is 10.2. The molecule has 0 aromatic rings. The number of ether oxygens (including phenoxy) is 2. The molecule has 0 saturated heterocycles. The zero-order valence-electron chi connectivity index (χ0n) is 26.6. The van der Waals surface area contributed by atoms with Gasteiger partial charge in [0.1, 0.15) is 5.25 Å². The molecule has 0 aliphatic heterocycles. The van der Waals surface area contributed by atoms with Gasteiger partial charge in [-0.15, -0.1) is 0 Å². The second kappa shape index (κ2) is 18.9. The molecule has 0 heterocycles. The Balaban J connectivity index is 0. The van der Waals surface area contributed by atoms with E-state index in [1.165, 1.54) is 0 Å². The van der Waals surface area contributed by atoms with E-state index in [1.807, 2.05) is 0 Å². The Hall–Kier alpha value is -1.01. The van der Waals surface area contributed by atoms with Gasteiger partial charge in [-0.25, -0.2) is 0 Å². The van der Waals surface area contributed by atoms with E-state index in [2.05, 4.69) is 18.8 Å². The fraction of sp³-hybridized carbons (Fsp3) is 0.909. The molecule has 0 amide bonds. The summed E-state index contributed by atoms with van der Waals surface area (Å²) in [5.41, 5.74) is 0. The average molecular weight is 956 g/mol. The van der Waals surface area contributed by atoms with Gasteiger partial charge in [0.05, 0.1) is 19.6 Å². The number of halogens is 26. The van der Waals surface area contributed by atoms with E-state index in [0.29, 0.717) is 0 Å². The summed E-state index contributed by atoms with van der Waals surface area (Å²) in [6, 6.07) is 0. The molecule has 0 radical (unpaired) electrons. The van der Waals surface area contributed by atoms with Crippen LogP contribution >= 0.6 is 12.0 Å². The van der Waals surface area contributed by atoms with Gasteiger partial charge in [-0.1, -0.05) is 0 Å². The fourth-order valence-electron chi connectivity index (χ4n) is 3.39. The van der Waals surface area contributed by atoms with E-state index < -0.39 is 146 Å². The van der Waals surface area contributed by atoms with Crippen molar-refractivity contribution in [2.45, 2.75) is 109 Å². The molecule has 0 N–H and O–H groups in total. The normalized spacial score (nSPS) is 15.6. The van der Waals surface area contributed by atoms with E-state index in [0.717, 1.165) is 0 Å². The molecule has 0 aromatic carbocycles. The van der Waals surface area contributed by atoms with Crippen molar-refractivity contribution in [3.05, 3.63) is 0 Å². The van der Waals surface area contributed by atoms with Crippen LogP contribution in [-0.4, -0.2) is 102 Å². The Kier molecular flexibility index (Phi) is 19.3. The average Bonchev–Trinajstić information content (AvgIpc) is 3.01. The zero-order chi connectivity index (χ0) is 45.2. The van der Waals surface area contributed by atoms with Crippen molar-refractivity contribution in [3.8, 4) is 0 Å². The largest absolute Gasteiger partial charge is 1.00 e. The minimum atomic E-state index is -8.22. The van der Waals surface area contributed by atoms with Crippen LogP contribution in [0.1, 0.15) is 32.1 Å². The monoisotopic (exact) mass is 956 g/mol. The van der Waals surface area contributed by atoms with Gasteiger partial charge in [-0.2, -0.15) is 118 Å². The molecule has 0 saturated carbocycles. The van der Waals surface area contributed by atoms with Crippen molar-refractivity contribution in [1.29, 1.82) is 0 Å². The first-order valence-corrected chi connectivity index (χ1v) is 14.1. The smallest absolute Gasteiger partial charge is 0.691 e. The summed E-state index contributed by atoms with van der Waals surface area (Å²) >= 11 is -0.647. The van der Waals surface area contributed by atoms with Crippen molar-refractivity contribution < 1.29 is 199 Å². The molecule has 35 heteroatoms. The fourth-order valence-corrected chi connectivity index (χ4v) is 3.87. The van der Waals surface area contributed by atoms with Gasteiger partial charge in [-0.05, 0) is 12.8 Å². The summed E-state index contributed by atoms with van der Waals surface area (Å²) in [4.78, 5) is 23.8. The van der Waals surface area contributed by atoms with Gasteiger partial charge in [0.2, 0.25) is 0 Å². The summed E-state index contributed by atoms with van der Waals surface area (Å²) in [5.74, 6) is -81.5. The summed E-state index contributed by atoms with van der Waals surface area (Å²) in [7, 11) is 0. The van der Waals surface area contributed by atoms with Crippen molar-refractivity contribution in [1.82, 2.24) is 0 Å². The molecular weight excluding hydrogens is 941 g/mol. The van der Waals surface area contributed by atoms with Crippen LogP contribution in [0.25, 0.3) is 0 Å². The molecule has 1 atom stereocenters. The van der Waals surface area contributed by atoms with Crippen LogP contribution in [0.5, 0.6) is 0 Å². The van der Waals surface area contributed by atoms with Crippen LogP contribution in [0.2, 0.25) is 0 Å². The first-order valence-electron chi connectivity index (χ1n) is 13.3. The number of rotatable bonds is 22. The molecule has 0 aromatic heterocycles. The van der Waals surface area contributed by atoms with E-state index in [9.17, 15) is 129 Å². The van der Waals surface area contributed by atoms with Crippen molar-refractivity contribution in [2.75, 3.05) is 13.2 Å². The third-order valence-electron chi connectivity index (χ3n) is 6.57. The van der Waals surface area contributed by atoms with E-state index in [-0.39, 0.29) is 51.4 Å². The topological polar surface area (TPSA) is 94.1 Å². The first kappa shape index (κ1) is 58.1. The number of carbonyl (C=O) groups is 2. The minimum absolute atomic E-state index is 0. The third-order valence-corrected chi connectivity index (χ3v) is 7.30. The van der Waals surface area contributed by atoms with Crippen molar-refractivity contribution in [3.63, 3.8) is 0 Å². The number of esters is 2. The van der Waals surface area contributed by atoms with Gasteiger partial charge < -0.3 is 14.7 Å². The third kappa shape index (κ3) is 11.3. The number of hydrogen-bond acceptors (Lipinski definition) is 8. The van der Waals surface area contributed by atoms with Crippen LogP contribution in [0.4, 0.5) is 114 Å². The number of alkyl halides is 26. The van der Waals surface area contributed by atoms with Gasteiger partial charge in [0.25, 0.3) is 0 Å². The quantitative estimate of drug-likeness (QED) is 0.0258. The van der Waals surface area contributed by atoms with Crippen LogP contribution in [-0.2, 0) is 28.4 Å². The summed E-state index contributed by atoms with van der Waals surface area (Å²) in [6.07, 6.45) is -26.5. The summed E-state index contributed by atoms with van der Waals surface area (Å²) in [6.45, 7) is -3.49.